The van der Waals surface area contributed by atoms with Gasteiger partial charge in [-0.2, -0.15) is 0 Å². The Morgan fingerprint density at radius 3 is 2.40 bits per heavy atom. The Labute approximate surface area is 123 Å². The number of carbonyl (C=O) groups excluding carboxylic acids is 1. The molecule has 0 fully saturated rings. The van der Waals surface area contributed by atoms with Crippen LogP contribution in [0.25, 0.3) is 0 Å². The number of halogens is 1. The number of rotatable bonds is 3. The van der Waals surface area contributed by atoms with Crippen LogP contribution in [-0.4, -0.2) is 23.1 Å². The summed E-state index contributed by atoms with van der Waals surface area (Å²) < 4.78 is 0. The Morgan fingerprint density at radius 1 is 1.30 bits per heavy atom. The number of carboxylic acid groups (broad SMARTS) is 1. The van der Waals surface area contributed by atoms with Gasteiger partial charge in [0.2, 0.25) is 0 Å². The number of hydrogen-bond acceptors (Lipinski definition) is 2. The minimum Gasteiger partial charge on any atom is -0.478 e. The Morgan fingerprint density at radius 2 is 1.90 bits per heavy atom. The van der Waals surface area contributed by atoms with E-state index in [-0.39, 0.29) is 22.7 Å². The van der Waals surface area contributed by atoms with Crippen molar-refractivity contribution in [3.8, 4) is 0 Å². The van der Waals surface area contributed by atoms with E-state index in [9.17, 15) is 9.59 Å². The lowest BCUT2D eigenvalue weighted by molar-refractivity contribution is 0.0698. The number of amides is 2. The fourth-order valence-corrected chi connectivity index (χ4v) is 1.55. The molecule has 1 unspecified atom stereocenters. The molecule has 3 N–H and O–H groups in total. The van der Waals surface area contributed by atoms with E-state index in [1.165, 1.54) is 18.2 Å². The summed E-state index contributed by atoms with van der Waals surface area (Å²) in [6.07, 6.45) is 0. The zero-order valence-electron chi connectivity index (χ0n) is 12.0. The van der Waals surface area contributed by atoms with Gasteiger partial charge in [-0.25, -0.2) is 9.59 Å². The molecule has 20 heavy (non-hydrogen) atoms. The fraction of sp³-hybridized carbons (Fsp3) is 0.429. The first-order valence-electron chi connectivity index (χ1n) is 6.21. The number of anilines is 1. The molecule has 0 aliphatic heterocycles. The van der Waals surface area contributed by atoms with Gasteiger partial charge in [-0.3, -0.25) is 0 Å². The normalized spacial score (nSPS) is 12.7. The standard InChI is InChI=1S/C14H19ClN2O3/c1-8(14(2,3)4)16-13(20)17-11-7-9(15)5-6-10(11)12(18)19/h5-8H,1-4H3,(H,18,19)(H2,16,17,20). The zero-order valence-corrected chi connectivity index (χ0v) is 12.7. The molecular formula is C14H19ClN2O3. The van der Waals surface area contributed by atoms with Gasteiger partial charge in [0.1, 0.15) is 0 Å². The summed E-state index contributed by atoms with van der Waals surface area (Å²) in [6, 6.07) is 3.69. The highest BCUT2D eigenvalue weighted by Crippen LogP contribution is 2.22. The summed E-state index contributed by atoms with van der Waals surface area (Å²) in [6.45, 7) is 7.88. The molecule has 0 spiro atoms. The van der Waals surface area contributed by atoms with Crippen molar-refractivity contribution in [3.63, 3.8) is 0 Å². The van der Waals surface area contributed by atoms with Gasteiger partial charge < -0.3 is 15.7 Å². The molecule has 1 aromatic rings. The maximum atomic E-state index is 11.9. The molecule has 0 saturated carbocycles. The van der Waals surface area contributed by atoms with E-state index in [1.54, 1.807) is 0 Å². The summed E-state index contributed by atoms with van der Waals surface area (Å²) in [7, 11) is 0. The van der Waals surface area contributed by atoms with Crippen molar-refractivity contribution < 1.29 is 14.7 Å². The summed E-state index contributed by atoms with van der Waals surface area (Å²) in [5, 5.41) is 14.7. The number of carbonyl (C=O) groups is 2. The molecule has 1 aromatic carbocycles. The Hall–Kier alpha value is -1.75. The Balaban J connectivity index is 2.86. The molecule has 0 saturated heterocycles. The van der Waals surface area contributed by atoms with Crippen molar-refractivity contribution in [2.24, 2.45) is 5.41 Å². The summed E-state index contributed by atoms with van der Waals surface area (Å²) in [5.74, 6) is -1.12. The fourth-order valence-electron chi connectivity index (χ4n) is 1.38. The predicted molar refractivity (Wildman–Crippen MR) is 79.5 cm³/mol. The van der Waals surface area contributed by atoms with Crippen molar-refractivity contribution >= 4 is 29.3 Å². The van der Waals surface area contributed by atoms with Crippen molar-refractivity contribution in [2.45, 2.75) is 33.7 Å². The molecule has 0 bridgehead atoms. The van der Waals surface area contributed by atoms with Gasteiger partial charge in [0, 0.05) is 11.1 Å². The molecule has 6 heteroatoms. The molecule has 0 aromatic heterocycles. The van der Waals surface area contributed by atoms with Gasteiger partial charge in [-0.05, 0) is 30.5 Å². The lowest BCUT2D eigenvalue weighted by atomic mass is 9.88. The molecule has 2 amide bonds. The SMILES string of the molecule is CC(NC(=O)Nc1cc(Cl)ccc1C(=O)O)C(C)(C)C. The molecule has 0 aliphatic rings. The molecular weight excluding hydrogens is 280 g/mol. The van der Waals surface area contributed by atoms with E-state index in [4.69, 9.17) is 16.7 Å². The third-order valence-corrected chi connectivity index (χ3v) is 3.34. The molecule has 0 heterocycles. The molecule has 0 radical (unpaired) electrons. The number of urea groups is 1. The average molecular weight is 299 g/mol. The van der Waals surface area contributed by atoms with Crippen LogP contribution in [0.4, 0.5) is 10.5 Å². The van der Waals surface area contributed by atoms with Gasteiger partial charge in [0.15, 0.2) is 0 Å². The Kier molecular flexibility index (Phi) is 5.00. The Bertz CT molecular complexity index is 524. The second-order valence-corrected chi connectivity index (χ2v) is 6.12. The topological polar surface area (TPSA) is 78.4 Å². The largest absolute Gasteiger partial charge is 0.478 e. The number of aromatic carboxylic acids is 1. The maximum Gasteiger partial charge on any atom is 0.337 e. The van der Waals surface area contributed by atoms with E-state index in [1.807, 2.05) is 27.7 Å². The number of benzene rings is 1. The van der Waals surface area contributed by atoms with Gasteiger partial charge in [-0.15, -0.1) is 0 Å². The highest BCUT2D eigenvalue weighted by Gasteiger charge is 2.22. The number of carboxylic acids is 1. The first-order chi connectivity index (χ1) is 9.11. The number of hydrogen-bond donors (Lipinski definition) is 3. The molecule has 110 valence electrons. The van der Waals surface area contributed by atoms with E-state index in [0.29, 0.717) is 5.02 Å². The third-order valence-electron chi connectivity index (χ3n) is 3.11. The highest BCUT2D eigenvalue weighted by molar-refractivity contribution is 6.31. The van der Waals surface area contributed by atoms with Crippen LogP contribution in [0.15, 0.2) is 18.2 Å². The van der Waals surface area contributed by atoms with Crippen LogP contribution in [0.2, 0.25) is 5.02 Å². The maximum absolute atomic E-state index is 11.9. The molecule has 1 rings (SSSR count). The molecule has 1 atom stereocenters. The smallest absolute Gasteiger partial charge is 0.337 e. The van der Waals surface area contributed by atoms with Gasteiger partial charge in [0.05, 0.1) is 11.3 Å². The predicted octanol–water partition coefficient (Wildman–Crippen LogP) is 3.59. The minimum absolute atomic E-state index is 0.00652. The van der Waals surface area contributed by atoms with Crippen molar-refractivity contribution in [1.82, 2.24) is 5.32 Å². The van der Waals surface area contributed by atoms with Crippen LogP contribution in [-0.2, 0) is 0 Å². The lowest BCUT2D eigenvalue weighted by Crippen LogP contribution is -2.43. The van der Waals surface area contributed by atoms with Gasteiger partial charge >= 0.3 is 12.0 Å². The van der Waals surface area contributed by atoms with E-state index < -0.39 is 12.0 Å². The van der Waals surface area contributed by atoms with Crippen molar-refractivity contribution in [1.29, 1.82) is 0 Å². The minimum atomic E-state index is -1.12. The van der Waals surface area contributed by atoms with Crippen molar-refractivity contribution in [3.05, 3.63) is 28.8 Å². The second-order valence-electron chi connectivity index (χ2n) is 5.68. The van der Waals surface area contributed by atoms with E-state index in [2.05, 4.69) is 10.6 Å². The van der Waals surface area contributed by atoms with Crippen LogP contribution in [0, 0.1) is 5.41 Å². The van der Waals surface area contributed by atoms with Crippen LogP contribution >= 0.6 is 11.6 Å². The zero-order chi connectivity index (χ0) is 15.5. The van der Waals surface area contributed by atoms with Gasteiger partial charge in [-0.1, -0.05) is 32.4 Å². The summed E-state index contributed by atoms with van der Waals surface area (Å²) in [5.41, 5.74) is 0.0676. The van der Waals surface area contributed by atoms with Crippen LogP contribution in [0.3, 0.4) is 0 Å². The first-order valence-corrected chi connectivity index (χ1v) is 6.59. The first kappa shape index (κ1) is 16.3. The second kappa shape index (κ2) is 6.13. The van der Waals surface area contributed by atoms with E-state index in [0.717, 1.165) is 0 Å². The summed E-state index contributed by atoms with van der Waals surface area (Å²) >= 11 is 5.82. The monoisotopic (exact) mass is 298 g/mol. The summed E-state index contributed by atoms with van der Waals surface area (Å²) in [4.78, 5) is 23.0. The van der Waals surface area contributed by atoms with Gasteiger partial charge in [0.25, 0.3) is 0 Å². The number of nitrogens with one attached hydrogen (secondary N) is 2. The van der Waals surface area contributed by atoms with Crippen molar-refractivity contribution in [2.75, 3.05) is 5.32 Å². The van der Waals surface area contributed by atoms with Crippen LogP contribution in [0.5, 0.6) is 0 Å². The highest BCUT2D eigenvalue weighted by atomic mass is 35.5. The van der Waals surface area contributed by atoms with Crippen LogP contribution < -0.4 is 10.6 Å². The molecule has 5 nitrogen and oxygen atoms in total. The lowest BCUT2D eigenvalue weighted by Gasteiger charge is -2.28. The average Bonchev–Trinajstić information content (AvgIpc) is 2.26. The third kappa shape index (κ3) is 4.42. The quantitative estimate of drug-likeness (QED) is 0.798. The van der Waals surface area contributed by atoms with Crippen LogP contribution in [0.1, 0.15) is 38.1 Å². The van der Waals surface area contributed by atoms with E-state index >= 15 is 0 Å². The molecule has 0 aliphatic carbocycles.